The molecule has 2 fully saturated rings. The third kappa shape index (κ3) is 3.32. The Bertz CT molecular complexity index is 1150. The normalized spacial score (nSPS) is 23.7. The Kier molecular flexibility index (Phi) is 4.20. The molecule has 0 spiro atoms. The zero-order chi connectivity index (χ0) is 21.1. The summed E-state index contributed by atoms with van der Waals surface area (Å²) in [7, 11) is 0. The molecule has 160 valence electrons. The van der Waals surface area contributed by atoms with Gasteiger partial charge in [0.25, 0.3) is 5.91 Å². The maximum Gasteiger partial charge on any atom is 0.268 e. The first-order chi connectivity index (χ1) is 15.0. The minimum absolute atomic E-state index is 0.00561. The van der Waals surface area contributed by atoms with Gasteiger partial charge in [-0.2, -0.15) is 5.10 Å². The Labute approximate surface area is 181 Å². The summed E-state index contributed by atoms with van der Waals surface area (Å²) in [5.74, 6) is 2.83. The molecule has 7 heteroatoms. The number of carbonyl (C=O) groups excluding carboxylic acids is 1. The zero-order valence-electron chi connectivity index (χ0n) is 18.0. The summed E-state index contributed by atoms with van der Waals surface area (Å²) < 4.78 is 0. The average molecular weight is 417 g/mol. The van der Waals surface area contributed by atoms with Crippen LogP contribution in [0.3, 0.4) is 0 Å². The smallest absolute Gasteiger partial charge is 0.268 e. The van der Waals surface area contributed by atoms with Crippen molar-refractivity contribution in [3.63, 3.8) is 0 Å². The van der Waals surface area contributed by atoms with Crippen molar-refractivity contribution in [2.45, 2.75) is 45.6 Å². The molecule has 1 aliphatic heterocycles. The summed E-state index contributed by atoms with van der Waals surface area (Å²) >= 11 is 0. The molecule has 3 N–H and O–H groups in total. The van der Waals surface area contributed by atoms with Gasteiger partial charge in [-0.15, -0.1) is 0 Å². The number of aryl methyl sites for hydroxylation is 2. The number of pyridine rings is 1. The van der Waals surface area contributed by atoms with E-state index in [2.05, 4.69) is 44.5 Å². The van der Waals surface area contributed by atoms with Gasteiger partial charge in [-0.05, 0) is 73.8 Å². The fourth-order valence-electron chi connectivity index (χ4n) is 5.31. The molecule has 1 saturated heterocycles. The van der Waals surface area contributed by atoms with Crippen molar-refractivity contribution in [2.24, 2.45) is 11.8 Å². The maximum absolute atomic E-state index is 12.8. The number of piperidine rings is 1. The van der Waals surface area contributed by atoms with Gasteiger partial charge < -0.3 is 15.2 Å². The predicted molar refractivity (Wildman–Crippen MR) is 118 cm³/mol. The Morgan fingerprint density at radius 3 is 2.87 bits per heavy atom. The quantitative estimate of drug-likeness (QED) is 0.596. The van der Waals surface area contributed by atoms with Crippen molar-refractivity contribution in [3.8, 4) is 0 Å². The van der Waals surface area contributed by atoms with Crippen molar-refractivity contribution in [2.75, 3.05) is 18.0 Å². The third-order valence-electron chi connectivity index (χ3n) is 7.31. The minimum atomic E-state index is -0.0749. The monoisotopic (exact) mass is 416 g/mol. The van der Waals surface area contributed by atoms with Gasteiger partial charge in [-0.3, -0.25) is 9.89 Å². The van der Waals surface area contributed by atoms with Gasteiger partial charge in [0.05, 0.1) is 17.4 Å². The van der Waals surface area contributed by atoms with Crippen LogP contribution in [-0.2, 0) is 12.8 Å². The van der Waals surface area contributed by atoms with Crippen molar-refractivity contribution < 1.29 is 4.79 Å². The number of aromatic nitrogens is 4. The summed E-state index contributed by atoms with van der Waals surface area (Å²) in [5.41, 5.74) is 7.29. The number of aromatic amines is 2. The summed E-state index contributed by atoms with van der Waals surface area (Å²) in [6.45, 7) is 6.41. The van der Waals surface area contributed by atoms with E-state index in [1.54, 1.807) is 0 Å². The number of hydrogen-bond acceptors (Lipinski definition) is 4. The topological polar surface area (TPSA) is 89.7 Å². The molecule has 0 aromatic carbocycles. The maximum atomic E-state index is 12.8. The minimum Gasteiger partial charge on any atom is -0.357 e. The number of nitrogens with one attached hydrogen (secondary N) is 3. The number of amides is 1. The molecule has 0 radical (unpaired) electrons. The Morgan fingerprint density at radius 2 is 2.06 bits per heavy atom. The standard InChI is InChI=1S/C24H28N6O/c1-13-16(3-6-22(26-13)30-11-17-9-18(17)12-30)7-15-8-21(25-10-15)24(31)27-20-5-4-19-14(2)28-29-23(19)20/h3,6,8,10,17-18,20,25H,4-5,7,9,11-12H2,1-2H3,(H,27,31)(H,28,29)/t17?,18?,20-/m1/s1. The second-order valence-corrected chi connectivity index (χ2v) is 9.44. The third-order valence-corrected chi connectivity index (χ3v) is 7.31. The highest BCUT2D eigenvalue weighted by Gasteiger charge is 2.45. The summed E-state index contributed by atoms with van der Waals surface area (Å²) in [6, 6.07) is 6.29. The molecule has 2 unspecified atom stereocenters. The predicted octanol–water partition coefficient (Wildman–Crippen LogP) is 3.21. The molecule has 6 rings (SSSR count). The largest absolute Gasteiger partial charge is 0.357 e. The van der Waals surface area contributed by atoms with E-state index in [4.69, 9.17) is 4.98 Å². The molecule has 31 heavy (non-hydrogen) atoms. The van der Waals surface area contributed by atoms with E-state index < -0.39 is 0 Å². The molecular formula is C24H28N6O. The first kappa shape index (κ1) is 18.7. The van der Waals surface area contributed by atoms with Crippen LogP contribution in [0.1, 0.15) is 63.1 Å². The van der Waals surface area contributed by atoms with Crippen LogP contribution in [0, 0.1) is 25.7 Å². The Hall–Kier alpha value is -3.09. The van der Waals surface area contributed by atoms with Gasteiger partial charge in [0.2, 0.25) is 0 Å². The second-order valence-electron chi connectivity index (χ2n) is 9.44. The van der Waals surface area contributed by atoms with Crippen LogP contribution in [0.25, 0.3) is 0 Å². The lowest BCUT2D eigenvalue weighted by molar-refractivity contribution is 0.0931. The molecule has 1 saturated carbocycles. The molecule has 3 aromatic rings. The van der Waals surface area contributed by atoms with Crippen molar-refractivity contribution in [1.82, 2.24) is 25.5 Å². The fraction of sp³-hybridized carbons (Fsp3) is 0.458. The van der Waals surface area contributed by atoms with Crippen LogP contribution in [0.15, 0.2) is 24.4 Å². The number of H-pyrrole nitrogens is 2. The van der Waals surface area contributed by atoms with E-state index in [1.807, 2.05) is 19.2 Å². The van der Waals surface area contributed by atoms with Gasteiger partial charge in [-0.1, -0.05) is 6.07 Å². The Morgan fingerprint density at radius 1 is 1.23 bits per heavy atom. The molecule has 4 heterocycles. The second kappa shape index (κ2) is 6.97. The molecule has 1 amide bonds. The van der Waals surface area contributed by atoms with Gasteiger partial charge in [0.1, 0.15) is 11.5 Å². The number of rotatable bonds is 5. The van der Waals surface area contributed by atoms with E-state index >= 15 is 0 Å². The van der Waals surface area contributed by atoms with E-state index in [-0.39, 0.29) is 11.9 Å². The lowest BCUT2D eigenvalue weighted by Crippen LogP contribution is -2.27. The number of anilines is 1. The SMILES string of the molecule is Cc1nc(N2CC3CC3C2)ccc1Cc1c[nH]c(C(=O)N[C@@H]2CCc3c(C)n[nH]c32)c1. The van der Waals surface area contributed by atoms with E-state index in [1.165, 1.54) is 17.5 Å². The summed E-state index contributed by atoms with van der Waals surface area (Å²) in [5, 5.41) is 10.5. The van der Waals surface area contributed by atoms with Crippen LogP contribution in [0.4, 0.5) is 5.82 Å². The van der Waals surface area contributed by atoms with Crippen molar-refractivity contribution in [3.05, 3.63) is 63.9 Å². The molecule has 3 aromatic heterocycles. The number of carbonyl (C=O) groups is 1. The van der Waals surface area contributed by atoms with E-state index in [0.29, 0.717) is 5.69 Å². The molecule has 2 aliphatic carbocycles. The van der Waals surface area contributed by atoms with Crippen LogP contribution < -0.4 is 10.2 Å². The molecule has 0 bridgehead atoms. The average Bonchev–Trinajstić information content (AvgIpc) is 3.22. The van der Waals surface area contributed by atoms with Crippen molar-refractivity contribution >= 4 is 11.7 Å². The molecule has 3 atom stereocenters. The first-order valence-electron chi connectivity index (χ1n) is 11.3. The number of fused-ring (bicyclic) bond motifs is 2. The van der Waals surface area contributed by atoms with Gasteiger partial charge in [0, 0.05) is 31.4 Å². The van der Waals surface area contributed by atoms with E-state index in [0.717, 1.165) is 72.7 Å². The molecule has 3 aliphatic rings. The van der Waals surface area contributed by atoms with Gasteiger partial charge in [0.15, 0.2) is 0 Å². The van der Waals surface area contributed by atoms with Gasteiger partial charge in [-0.25, -0.2) is 4.98 Å². The summed E-state index contributed by atoms with van der Waals surface area (Å²) in [4.78, 5) is 23.2. The molecule has 7 nitrogen and oxygen atoms in total. The Balaban J connectivity index is 1.12. The highest BCUT2D eigenvalue weighted by atomic mass is 16.1. The lowest BCUT2D eigenvalue weighted by Gasteiger charge is -2.20. The fourth-order valence-corrected chi connectivity index (χ4v) is 5.31. The number of hydrogen-bond donors (Lipinski definition) is 3. The first-order valence-corrected chi connectivity index (χ1v) is 11.3. The lowest BCUT2D eigenvalue weighted by atomic mass is 10.1. The highest BCUT2D eigenvalue weighted by Crippen LogP contribution is 2.46. The molecular weight excluding hydrogens is 388 g/mol. The van der Waals surface area contributed by atoms with Crippen molar-refractivity contribution in [1.29, 1.82) is 0 Å². The number of nitrogens with zero attached hydrogens (tertiary/aromatic N) is 3. The summed E-state index contributed by atoms with van der Waals surface area (Å²) in [6.07, 6.45) is 5.97. The van der Waals surface area contributed by atoms with Gasteiger partial charge >= 0.3 is 0 Å². The van der Waals surface area contributed by atoms with E-state index in [9.17, 15) is 4.79 Å². The highest BCUT2D eigenvalue weighted by molar-refractivity contribution is 5.93. The van der Waals surface area contributed by atoms with Crippen LogP contribution >= 0.6 is 0 Å². The van der Waals surface area contributed by atoms with Crippen LogP contribution in [0.2, 0.25) is 0 Å². The van der Waals surface area contributed by atoms with Crippen LogP contribution in [0.5, 0.6) is 0 Å². The van der Waals surface area contributed by atoms with Crippen LogP contribution in [-0.4, -0.2) is 39.2 Å². The zero-order valence-corrected chi connectivity index (χ0v) is 18.0.